The number of benzene rings is 2. The number of rotatable bonds is 10. The fourth-order valence-corrected chi connectivity index (χ4v) is 6.12. The molecule has 5 nitrogen and oxygen atoms in total. The number of amides is 1. The van der Waals surface area contributed by atoms with Crippen molar-refractivity contribution >= 4 is 11.6 Å². The fraction of sp³-hybridized carbons (Fsp3) is 0.618. The van der Waals surface area contributed by atoms with Crippen molar-refractivity contribution in [2.75, 3.05) is 44.6 Å². The van der Waals surface area contributed by atoms with E-state index in [4.69, 9.17) is 0 Å². The number of hydrogen-bond donors (Lipinski definition) is 1. The smallest absolute Gasteiger partial charge is 0.219 e. The number of piperazine rings is 1. The summed E-state index contributed by atoms with van der Waals surface area (Å²) in [6.07, 6.45) is 3.48. The summed E-state index contributed by atoms with van der Waals surface area (Å²) in [4.78, 5) is 18.7. The summed E-state index contributed by atoms with van der Waals surface area (Å²) in [5.74, 6) is 0.191. The Bertz CT molecular complexity index is 1100. The van der Waals surface area contributed by atoms with Gasteiger partial charge in [-0.05, 0) is 72.8 Å². The predicted molar refractivity (Wildman–Crippen MR) is 164 cm³/mol. The maximum atomic E-state index is 11.7. The van der Waals surface area contributed by atoms with Crippen molar-refractivity contribution in [3.63, 3.8) is 0 Å². The van der Waals surface area contributed by atoms with Crippen molar-refractivity contribution in [2.45, 2.75) is 97.2 Å². The molecular weight excluding hydrogens is 480 g/mol. The van der Waals surface area contributed by atoms with Crippen molar-refractivity contribution in [3.05, 3.63) is 65.2 Å². The van der Waals surface area contributed by atoms with E-state index in [1.807, 2.05) is 4.90 Å². The van der Waals surface area contributed by atoms with Gasteiger partial charge in [-0.3, -0.25) is 14.6 Å². The second-order valence-corrected chi connectivity index (χ2v) is 13.5. The first-order valence-corrected chi connectivity index (χ1v) is 15.1. The summed E-state index contributed by atoms with van der Waals surface area (Å²) in [6, 6.07) is 19.5. The second-order valence-electron chi connectivity index (χ2n) is 13.5. The van der Waals surface area contributed by atoms with Crippen LogP contribution >= 0.6 is 0 Å². The molecule has 2 aliphatic rings. The molecule has 0 radical (unpaired) electrons. The van der Waals surface area contributed by atoms with E-state index < -0.39 is 0 Å². The molecule has 1 amide bonds. The standard InChI is InChI=1S/C34H52N4O/c1-26(2)38-17-14-32(25-38)35-31-13-9-12-30(23-31)34(6,7)16-15-33(4,5)29-11-8-10-28(22-29)24-36-18-20-37(21-19-36)27(3)39/h8-13,22-23,26,32,35H,14-21,24-25H2,1-7H3. The SMILES string of the molecule is CC(=O)N1CCN(Cc2cccc(C(C)(C)CCC(C)(C)c3cccc(NC4CCN(C(C)C)C4)c3)c2)CC1. The van der Waals surface area contributed by atoms with E-state index in [-0.39, 0.29) is 16.7 Å². The largest absolute Gasteiger partial charge is 0.381 e. The number of nitrogens with zero attached hydrogens (tertiary/aromatic N) is 3. The monoisotopic (exact) mass is 532 g/mol. The molecule has 2 aromatic rings. The fourth-order valence-electron chi connectivity index (χ4n) is 6.12. The molecule has 2 heterocycles. The minimum atomic E-state index is 0.0978. The molecule has 5 heteroatoms. The third kappa shape index (κ3) is 7.85. The number of carbonyl (C=O) groups is 1. The molecule has 2 saturated heterocycles. The Kier molecular flexibility index (Phi) is 9.44. The lowest BCUT2D eigenvalue weighted by atomic mass is 9.72. The van der Waals surface area contributed by atoms with Gasteiger partial charge in [-0.25, -0.2) is 0 Å². The summed E-state index contributed by atoms with van der Waals surface area (Å²) >= 11 is 0. The van der Waals surface area contributed by atoms with E-state index in [1.54, 1.807) is 6.92 Å². The Morgan fingerprint density at radius 3 is 2.10 bits per heavy atom. The first kappa shape index (κ1) is 29.6. The highest BCUT2D eigenvalue weighted by Gasteiger charge is 2.29. The molecule has 0 aromatic heterocycles. The first-order valence-electron chi connectivity index (χ1n) is 15.1. The zero-order valence-electron chi connectivity index (χ0n) is 25.6. The molecule has 0 saturated carbocycles. The molecule has 1 unspecified atom stereocenters. The van der Waals surface area contributed by atoms with Crippen LogP contribution < -0.4 is 5.32 Å². The van der Waals surface area contributed by atoms with Gasteiger partial charge >= 0.3 is 0 Å². The van der Waals surface area contributed by atoms with E-state index in [0.29, 0.717) is 12.1 Å². The van der Waals surface area contributed by atoms with Crippen LogP contribution in [0.15, 0.2) is 48.5 Å². The number of nitrogens with one attached hydrogen (secondary N) is 1. The van der Waals surface area contributed by atoms with Gasteiger partial charge in [-0.1, -0.05) is 64.1 Å². The van der Waals surface area contributed by atoms with Gasteiger partial charge in [0.15, 0.2) is 0 Å². The molecular formula is C34H52N4O. The molecule has 0 spiro atoms. The van der Waals surface area contributed by atoms with Crippen LogP contribution in [0.5, 0.6) is 0 Å². The lowest BCUT2D eigenvalue weighted by molar-refractivity contribution is -0.130. The summed E-state index contributed by atoms with van der Waals surface area (Å²) < 4.78 is 0. The molecule has 4 rings (SSSR count). The number of carbonyl (C=O) groups excluding carboxylic acids is 1. The van der Waals surface area contributed by atoms with Crippen LogP contribution in [-0.4, -0.2) is 72.0 Å². The molecule has 0 bridgehead atoms. The van der Waals surface area contributed by atoms with Crippen LogP contribution in [-0.2, 0) is 22.2 Å². The molecule has 1 atom stereocenters. The molecule has 2 aromatic carbocycles. The van der Waals surface area contributed by atoms with Crippen LogP contribution in [0.4, 0.5) is 5.69 Å². The van der Waals surface area contributed by atoms with Crippen molar-refractivity contribution in [2.24, 2.45) is 0 Å². The maximum Gasteiger partial charge on any atom is 0.219 e. The third-order valence-electron chi connectivity index (χ3n) is 9.27. The highest BCUT2D eigenvalue weighted by Crippen LogP contribution is 2.37. The van der Waals surface area contributed by atoms with Crippen LogP contribution in [0, 0.1) is 0 Å². The van der Waals surface area contributed by atoms with Gasteiger partial charge in [-0.2, -0.15) is 0 Å². The minimum Gasteiger partial charge on any atom is -0.381 e. The number of hydrogen-bond acceptors (Lipinski definition) is 4. The highest BCUT2D eigenvalue weighted by molar-refractivity contribution is 5.73. The Morgan fingerprint density at radius 2 is 1.51 bits per heavy atom. The quantitative estimate of drug-likeness (QED) is 0.391. The number of anilines is 1. The Morgan fingerprint density at radius 1 is 0.897 bits per heavy atom. The van der Waals surface area contributed by atoms with E-state index in [2.05, 4.69) is 105 Å². The van der Waals surface area contributed by atoms with Gasteiger partial charge in [0.25, 0.3) is 0 Å². The minimum absolute atomic E-state index is 0.0978. The molecule has 1 N–H and O–H groups in total. The van der Waals surface area contributed by atoms with Gasteiger partial charge in [-0.15, -0.1) is 0 Å². The summed E-state index contributed by atoms with van der Waals surface area (Å²) in [5.41, 5.74) is 5.67. The topological polar surface area (TPSA) is 38.8 Å². The van der Waals surface area contributed by atoms with E-state index in [1.165, 1.54) is 35.3 Å². The Labute approximate surface area is 237 Å². The normalized spacial score (nSPS) is 19.6. The van der Waals surface area contributed by atoms with Crippen LogP contribution in [0.3, 0.4) is 0 Å². The van der Waals surface area contributed by atoms with Crippen molar-refractivity contribution in [1.82, 2.24) is 14.7 Å². The zero-order chi connectivity index (χ0) is 28.2. The first-order chi connectivity index (χ1) is 18.4. The average molecular weight is 533 g/mol. The van der Waals surface area contributed by atoms with Gasteiger partial charge in [0.05, 0.1) is 0 Å². The highest BCUT2D eigenvalue weighted by atomic mass is 16.2. The third-order valence-corrected chi connectivity index (χ3v) is 9.27. The van der Waals surface area contributed by atoms with Crippen molar-refractivity contribution in [1.29, 1.82) is 0 Å². The zero-order valence-corrected chi connectivity index (χ0v) is 25.6. The summed E-state index contributed by atoms with van der Waals surface area (Å²) in [5, 5.41) is 3.82. The second kappa shape index (κ2) is 12.4. The molecule has 2 fully saturated rings. The van der Waals surface area contributed by atoms with Gasteiger partial charge in [0.1, 0.15) is 0 Å². The van der Waals surface area contributed by atoms with Crippen LogP contribution in [0.2, 0.25) is 0 Å². The van der Waals surface area contributed by atoms with Crippen molar-refractivity contribution in [3.8, 4) is 0 Å². The molecule has 214 valence electrons. The maximum absolute atomic E-state index is 11.7. The molecule has 2 aliphatic heterocycles. The lowest BCUT2D eigenvalue weighted by Gasteiger charge is -2.35. The van der Waals surface area contributed by atoms with Gasteiger partial charge in [0.2, 0.25) is 5.91 Å². The summed E-state index contributed by atoms with van der Waals surface area (Å²) in [7, 11) is 0. The van der Waals surface area contributed by atoms with Crippen molar-refractivity contribution < 1.29 is 4.79 Å². The average Bonchev–Trinajstić information content (AvgIpc) is 3.37. The van der Waals surface area contributed by atoms with Crippen LogP contribution in [0.1, 0.15) is 84.4 Å². The van der Waals surface area contributed by atoms with E-state index in [9.17, 15) is 4.79 Å². The lowest BCUT2D eigenvalue weighted by Crippen LogP contribution is -2.47. The molecule has 0 aliphatic carbocycles. The Balaban J connectivity index is 1.35. The Hall–Kier alpha value is -2.37. The van der Waals surface area contributed by atoms with Crippen LogP contribution in [0.25, 0.3) is 0 Å². The predicted octanol–water partition coefficient (Wildman–Crippen LogP) is 6.28. The van der Waals surface area contributed by atoms with Gasteiger partial charge < -0.3 is 10.2 Å². The number of likely N-dealkylation sites (tertiary alicyclic amines) is 1. The molecule has 39 heavy (non-hydrogen) atoms. The van der Waals surface area contributed by atoms with E-state index >= 15 is 0 Å². The van der Waals surface area contributed by atoms with E-state index in [0.717, 1.165) is 52.1 Å². The summed E-state index contributed by atoms with van der Waals surface area (Å²) in [6.45, 7) is 22.7. The van der Waals surface area contributed by atoms with Gasteiger partial charge in [0, 0.05) is 70.5 Å².